The van der Waals surface area contributed by atoms with Crippen molar-refractivity contribution in [2.45, 2.75) is 0 Å². The first-order valence-corrected chi connectivity index (χ1v) is 5.70. The maximum Gasteiger partial charge on any atom is 0.226 e. The lowest BCUT2D eigenvalue weighted by Crippen LogP contribution is -1.81. The molecule has 0 atom stereocenters. The van der Waals surface area contributed by atoms with Gasteiger partial charge in [-0.15, -0.1) is 0 Å². The van der Waals surface area contributed by atoms with Crippen molar-refractivity contribution in [3.8, 4) is 22.7 Å². The highest BCUT2D eigenvalue weighted by molar-refractivity contribution is 5.62. The third kappa shape index (κ3) is 2.38. The van der Waals surface area contributed by atoms with E-state index < -0.39 is 0 Å². The highest BCUT2D eigenvalue weighted by Gasteiger charge is 2.08. The standard InChI is InChI=1S/C15H9F2NO/c16-12-5-1-10(2-6-12)14-9-19-15(18-14)11-3-7-13(17)8-4-11/h1-9H. The minimum absolute atomic E-state index is 0.300. The normalized spacial score (nSPS) is 10.6. The van der Waals surface area contributed by atoms with Gasteiger partial charge in [0.15, 0.2) is 0 Å². The van der Waals surface area contributed by atoms with Crippen molar-refractivity contribution in [2.24, 2.45) is 0 Å². The predicted octanol–water partition coefficient (Wildman–Crippen LogP) is 4.29. The van der Waals surface area contributed by atoms with E-state index in [0.717, 1.165) is 5.56 Å². The van der Waals surface area contributed by atoms with Gasteiger partial charge in [-0.3, -0.25) is 0 Å². The van der Waals surface area contributed by atoms with E-state index in [9.17, 15) is 8.78 Å². The molecule has 0 fully saturated rings. The monoisotopic (exact) mass is 257 g/mol. The lowest BCUT2D eigenvalue weighted by molar-refractivity contribution is 0.574. The van der Waals surface area contributed by atoms with Gasteiger partial charge in [-0.1, -0.05) is 0 Å². The molecule has 0 saturated heterocycles. The minimum atomic E-state index is -0.311. The van der Waals surface area contributed by atoms with E-state index in [0.29, 0.717) is 17.1 Å². The van der Waals surface area contributed by atoms with E-state index >= 15 is 0 Å². The molecule has 1 aromatic heterocycles. The molecule has 3 rings (SSSR count). The van der Waals surface area contributed by atoms with E-state index in [4.69, 9.17) is 4.42 Å². The summed E-state index contributed by atoms with van der Waals surface area (Å²) in [5.74, 6) is -0.209. The molecule has 0 spiro atoms. The van der Waals surface area contributed by atoms with E-state index in [2.05, 4.69) is 4.98 Å². The van der Waals surface area contributed by atoms with E-state index in [1.54, 1.807) is 24.3 Å². The summed E-state index contributed by atoms with van der Waals surface area (Å²) in [4.78, 5) is 4.30. The summed E-state index contributed by atoms with van der Waals surface area (Å²) in [5, 5.41) is 0. The van der Waals surface area contributed by atoms with Crippen molar-refractivity contribution in [2.75, 3.05) is 0 Å². The molecule has 94 valence electrons. The average Bonchev–Trinajstić information content (AvgIpc) is 2.90. The molecule has 0 unspecified atom stereocenters. The van der Waals surface area contributed by atoms with Crippen LogP contribution >= 0.6 is 0 Å². The summed E-state index contributed by atoms with van der Waals surface area (Å²) >= 11 is 0. The van der Waals surface area contributed by atoms with Crippen molar-refractivity contribution in [1.82, 2.24) is 4.98 Å². The maximum absolute atomic E-state index is 12.8. The quantitative estimate of drug-likeness (QED) is 0.684. The van der Waals surface area contributed by atoms with E-state index in [1.807, 2.05) is 0 Å². The van der Waals surface area contributed by atoms with Crippen molar-refractivity contribution in [1.29, 1.82) is 0 Å². The van der Waals surface area contributed by atoms with Crippen LogP contribution in [0.2, 0.25) is 0 Å². The molecular formula is C15H9F2NO. The second kappa shape index (κ2) is 4.65. The zero-order chi connectivity index (χ0) is 13.2. The van der Waals surface area contributed by atoms with Crippen LogP contribution < -0.4 is 0 Å². The summed E-state index contributed by atoms with van der Waals surface area (Å²) in [6.45, 7) is 0. The van der Waals surface area contributed by atoms with Crippen molar-refractivity contribution in [3.63, 3.8) is 0 Å². The Morgan fingerprint density at radius 2 is 1.26 bits per heavy atom. The summed E-state index contributed by atoms with van der Waals surface area (Å²) in [6, 6.07) is 11.9. The molecule has 0 amide bonds. The van der Waals surface area contributed by atoms with Gasteiger partial charge in [0.05, 0.1) is 0 Å². The number of oxazole rings is 1. The first-order valence-electron chi connectivity index (χ1n) is 5.70. The summed E-state index contributed by atoms with van der Waals surface area (Å²) in [6.07, 6.45) is 1.49. The Balaban J connectivity index is 1.95. The van der Waals surface area contributed by atoms with Gasteiger partial charge >= 0.3 is 0 Å². The number of benzene rings is 2. The van der Waals surface area contributed by atoms with Crippen molar-refractivity contribution >= 4 is 0 Å². The molecule has 0 radical (unpaired) electrons. The molecule has 0 bridgehead atoms. The van der Waals surface area contributed by atoms with Gasteiger partial charge in [0.1, 0.15) is 23.6 Å². The molecule has 19 heavy (non-hydrogen) atoms. The Morgan fingerprint density at radius 3 is 1.84 bits per heavy atom. The van der Waals surface area contributed by atoms with Crippen LogP contribution in [0.5, 0.6) is 0 Å². The van der Waals surface area contributed by atoms with E-state index in [1.165, 1.54) is 30.5 Å². The number of halogens is 2. The molecule has 0 aliphatic heterocycles. The van der Waals surface area contributed by atoms with Crippen LogP contribution in [0.4, 0.5) is 8.78 Å². The first-order chi connectivity index (χ1) is 9.22. The zero-order valence-corrected chi connectivity index (χ0v) is 9.81. The molecule has 0 N–H and O–H groups in total. The average molecular weight is 257 g/mol. The fourth-order valence-electron chi connectivity index (χ4n) is 1.75. The van der Waals surface area contributed by atoms with Gasteiger partial charge in [-0.2, -0.15) is 0 Å². The summed E-state index contributed by atoms with van der Waals surface area (Å²) < 4.78 is 31.0. The van der Waals surface area contributed by atoms with Gasteiger partial charge in [-0.05, 0) is 48.5 Å². The Morgan fingerprint density at radius 1 is 0.737 bits per heavy atom. The number of nitrogens with zero attached hydrogens (tertiary/aromatic N) is 1. The Bertz CT molecular complexity index is 627. The lowest BCUT2D eigenvalue weighted by atomic mass is 10.2. The summed E-state index contributed by atoms with van der Waals surface area (Å²) in [7, 11) is 0. The van der Waals surface area contributed by atoms with Gasteiger partial charge in [0.2, 0.25) is 5.89 Å². The highest BCUT2D eigenvalue weighted by atomic mass is 19.1. The second-order valence-electron chi connectivity index (χ2n) is 4.05. The van der Waals surface area contributed by atoms with Crippen LogP contribution in [0.25, 0.3) is 22.7 Å². The fourth-order valence-corrected chi connectivity index (χ4v) is 1.75. The Labute approximate surface area is 108 Å². The molecule has 3 aromatic rings. The number of aromatic nitrogens is 1. The van der Waals surface area contributed by atoms with Gasteiger partial charge < -0.3 is 4.42 Å². The van der Waals surface area contributed by atoms with E-state index in [-0.39, 0.29) is 11.6 Å². The van der Waals surface area contributed by atoms with Crippen LogP contribution in [0.1, 0.15) is 0 Å². The van der Waals surface area contributed by atoms with Crippen LogP contribution in [0.3, 0.4) is 0 Å². The Kier molecular flexibility index (Phi) is 2.83. The molecule has 1 heterocycles. The van der Waals surface area contributed by atoms with Gasteiger partial charge in [0, 0.05) is 11.1 Å². The molecule has 0 aliphatic carbocycles. The van der Waals surface area contributed by atoms with Gasteiger partial charge in [-0.25, -0.2) is 13.8 Å². The summed E-state index contributed by atoms with van der Waals surface area (Å²) in [5.41, 5.74) is 2.06. The van der Waals surface area contributed by atoms with Crippen molar-refractivity contribution < 1.29 is 13.2 Å². The molecule has 0 saturated carbocycles. The Hall–Kier alpha value is -2.49. The van der Waals surface area contributed by atoms with Gasteiger partial charge in [0.25, 0.3) is 0 Å². The molecule has 0 aliphatic rings. The minimum Gasteiger partial charge on any atom is -0.444 e. The fraction of sp³-hybridized carbons (Fsp3) is 0. The van der Waals surface area contributed by atoms with Crippen LogP contribution in [0, 0.1) is 11.6 Å². The second-order valence-corrected chi connectivity index (χ2v) is 4.05. The zero-order valence-electron chi connectivity index (χ0n) is 9.81. The third-order valence-electron chi connectivity index (χ3n) is 2.74. The van der Waals surface area contributed by atoms with Crippen LogP contribution in [0.15, 0.2) is 59.2 Å². The lowest BCUT2D eigenvalue weighted by Gasteiger charge is -1.95. The van der Waals surface area contributed by atoms with Crippen LogP contribution in [-0.2, 0) is 0 Å². The predicted molar refractivity (Wildman–Crippen MR) is 67.3 cm³/mol. The first kappa shape index (κ1) is 11.6. The maximum atomic E-state index is 12.8. The number of hydrogen-bond acceptors (Lipinski definition) is 2. The third-order valence-corrected chi connectivity index (χ3v) is 2.74. The SMILES string of the molecule is Fc1ccc(-c2coc(-c3ccc(F)cc3)n2)cc1. The number of rotatable bonds is 2. The van der Waals surface area contributed by atoms with Crippen molar-refractivity contribution in [3.05, 3.63) is 66.4 Å². The largest absolute Gasteiger partial charge is 0.444 e. The molecule has 2 nitrogen and oxygen atoms in total. The molecule has 4 heteroatoms. The molecule has 2 aromatic carbocycles. The topological polar surface area (TPSA) is 26.0 Å². The highest BCUT2D eigenvalue weighted by Crippen LogP contribution is 2.24. The number of hydrogen-bond donors (Lipinski definition) is 0. The van der Waals surface area contributed by atoms with Crippen LogP contribution in [-0.4, -0.2) is 4.98 Å². The smallest absolute Gasteiger partial charge is 0.226 e. The molecular weight excluding hydrogens is 248 g/mol.